The van der Waals surface area contributed by atoms with Crippen LogP contribution in [0, 0.1) is 5.82 Å². The fourth-order valence-corrected chi connectivity index (χ4v) is 2.66. The fraction of sp³-hybridized carbons (Fsp3) is 0.333. The molecule has 1 aromatic carbocycles. The average molecular weight is 312 g/mol. The molecule has 23 heavy (non-hydrogen) atoms. The van der Waals surface area contributed by atoms with Gasteiger partial charge in [-0.3, -0.25) is 0 Å². The molecule has 0 unspecified atom stereocenters. The van der Waals surface area contributed by atoms with Gasteiger partial charge in [-0.2, -0.15) is 4.98 Å². The summed E-state index contributed by atoms with van der Waals surface area (Å²) in [5.74, 6) is 1.03. The number of aromatic nitrogens is 2. The Morgan fingerprint density at radius 2 is 1.96 bits per heavy atom. The Hall–Kier alpha value is -2.43. The summed E-state index contributed by atoms with van der Waals surface area (Å²) < 4.78 is 12.9. The van der Waals surface area contributed by atoms with Crippen LogP contribution in [0.3, 0.4) is 0 Å². The van der Waals surface area contributed by atoms with Gasteiger partial charge in [0.05, 0.1) is 0 Å². The number of anilines is 3. The largest absolute Gasteiger partial charge is 0.370 e. The summed E-state index contributed by atoms with van der Waals surface area (Å²) in [4.78, 5) is 8.61. The number of allylic oxidation sites excluding steroid dienone is 1. The fourth-order valence-electron chi connectivity index (χ4n) is 2.66. The van der Waals surface area contributed by atoms with E-state index in [1.165, 1.54) is 37.8 Å². The molecule has 4 nitrogen and oxygen atoms in total. The van der Waals surface area contributed by atoms with Gasteiger partial charge < -0.3 is 10.6 Å². The Bertz CT molecular complexity index is 667. The molecular weight excluding hydrogens is 291 g/mol. The first-order valence-electron chi connectivity index (χ1n) is 8.07. The lowest BCUT2D eigenvalue weighted by molar-refractivity contribution is 0.628. The number of rotatable bonds is 6. The predicted octanol–water partition coefficient (Wildman–Crippen LogP) is 4.66. The van der Waals surface area contributed by atoms with Crippen molar-refractivity contribution in [3.05, 3.63) is 54.0 Å². The Morgan fingerprint density at radius 1 is 1.09 bits per heavy atom. The second-order valence-electron chi connectivity index (χ2n) is 5.68. The molecule has 0 fully saturated rings. The molecule has 0 saturated carbocycles. The Kier molecular flexibility index (Phi) is 5.19. The van der Waals surface area contributed by atoms with Crippen LogP contribution in [0.4, 0.5) is 21.8 Å². The third-order valence-electron chi connectivity index (χ3n) is 3.89. The van der Waals surface area contributed by atoms with Crippen molar-refractivity contribution in [3.63, 3.8) is 0 Å². The van der Waals surface area contributed by atoms with Gasteiger partial charge in [0.15, 0.2) is 0 Å². The number of halogens is 1. The van der Waals surface area contributed by atoms with Crippen LogP contribution in [0.25, 0.3) is 0 Å². The van der Waals surface area contributed by atoms with E-state index in [0.717, 1.165) is 24.5 Å². The molecule has 0 radical (unpaired) electrons. The van der Waals surface area contributed by atoms with Crippen molar-refractivity contribution in [2.45, 2.75) is 32.1 Å². The van der Waals surface area contributed by atoms with Gasteiger partial charge in [0.2, 0.25) is 5.95 Å². The number of hydrogen-bond donors (Lipinski definition) is 2. The second-order valence-corrected chi connectivity index (χ2v) is 5.68. The molecule has 2 N–H and O–H groups in total. The molecule has 0 spiro atoms. The topological polar surface area (TPSA) is 49.8 Å². The zero-order chi connectivity index (χ0) is 15.9. The van der Waals surface area contributed by atoms with E-state index >= 15 is 0 Å². The minimum Gasteiger partial charge on any atom is -0.370 e. The Labute approximate surface area is 135 Å². The highest BCUT2D eigenvalue weighted by molar-refractivity contribution is 5.54. The molecule has 1 aliphatic carbocycles. The van der Waals surface area contributed by atoms with Crippen LogP contribution >= 0.6 is 0 Å². The summed E-state index contributed by atoms with van der Waals surface area (Å²) in [7, 11) is 0. The third kappa shape index (κ3) is 4.77. The first kappa shape index (κ1) is 15.5. The van der Waals surface area contributed by atoms with Crippen molar-refractivity contribution in [1.29, 1.82) is 0 Å². The van der Waals surface area contributed by atoms with Gasteiger partial charge in [-0.05, 0) is 62.4 Å². The molecule has 0 aliphatic heterocycles. The van der Waals surface area contributed by atoms with Crippen LogP contribution in [0.1, 0.15) is 32.1 Å². The zero-order valence-corrected chi connectivity index (χ0v) is 13.1. The van der Waals surface area contributed by atoms with Gasteiger partial charge in [0.1, 0.15) is 11.6 Å². The van der Waals surface area contributed by atoms with Gasteiger partial charge in [0.25, 0.3) is 0 Å². The van der Waals surface area contributed by atoms with Crippen molar-refractivity contribution < 1.29 is 4.39 Å². The highest BCUT2D eigenvalue weighted by Gasteiger charge is 2.04. The smallest absolute Gasteiger partial charge is 0.229 e. The first-order chi connectivity index (χ1) is 11.3. The summed E-state index contributed by atoms with van der Waals surface area (Å²) in [6, 6.07) is 7.98. The Morgan fingerprint density at radius 3 is 2.74 bits per heavy atom. The third-order valence-corrected chi connectivity index (χ3v) is 3.89. The normalized spacial score (nSPS) is 14.2. The molecule has 0 atom stereocenters. The molecule has 0 amide bonds. The van der Waals surface area contributed by atoms with E-state index in [-0.39, 0.29) is 5.82 Å². The van der Waals surface area contributed by atoms with Crippen LogP contribution < -0.4 is 10.6 Å². The van der Waals surface area contributed by atoms with E-state index in [1.807, 2.05) is 6.07 Å². The zero-order valence-electron chi connectivity index (χ0n) is 13.1. The summed E-state index contributed by atoms with van der Waals surface area (Å²) in [6.07, 6.45) is 10.2. The number of hydrogen-bond acceptors (Lipinski definition) is 4. The van der Waals surface area contributed by atoms with Crippen LogP contribution in [-0.2, 0) is 0 Å². The monoisotopic (exact) mass is 312 g/mol. The van der Waals surface area contributed by atoms with Gasteiger partial charge in [-0.15, -0.1) is 0 Å². The van der Waals surface area contributed by atoms with E-state index in [0.29, 0.717) is 5.95 Å². The van der Waals surface area contributed by atoms with Gasteiger partial charge in [-0.25, -0.2) is 9.37 Å². The molecule has 3 rings (SSSR count). The molecule has 1 heterocycles. The van der Waals surface area contributed by atoms with E-state index in [4.69, 9.17) is 0 Å². The molecule has 5 heteroatoms. The maximum Gasteiger partial charge on any atom is 0.229 e. The molecule has 0 saturated heterocycles. The van der Waals surface area contributed by atoms with Crippen LogP contribution in [0.5, 0.6) is 0 Å². The number of benzene rings is 1. The molecular formula is C18H21FN4. The van der Waals surface area contributed by atoms with E-state index in [2.05, 4.69) is 26.7 Å². The van der Waals surface area contributed by atoms with Crippen LogP contribution in [0.2, 0.25) is 0 Å². The minimum absolute atomic E-state index is 0.260. The SMILES string of the molecule is Fc1ccc(Nc2nccc(NCCC3=CCCCC3)n2)cc1. The minimum atomic E-state index is -0.260. The van der Waals surface area contributed by atoms with E-state index < -0.39 is 0 Å². The van der Waals surface area contributed by atoms with E-state index in [1.54, 1.807) is 23.9 Å². The number of nitrogens with zero attached hydrogens (tertiary/aromatic N) is 2. The highest BCUT2D eigenvalue weighted by atomic mass is 19.1. The van der Waals surface area contributed by atoms with Crippen molar-refractivity contribution in [3.8, 4) is 0 Å². The molecule has 1 aromatic heterocycles. The molecule has 1 aliphatic rings. The molecule has 0 bridgehead atoms. The predicted molar refractivity (Wildman–Crippen MR) is 91.4 cm³/mol. The summed E-state index contributed by atoms with van der Waals surface area (Å²) in [6.45, 7) is 0.874. The molecule has 2 aromatic rings. The van der Waals surface area contributed by atoms with Gasteiger partial charge in [-0.1, -0.05) is 11.6 Å². The lowest BCUT2D eigenvalue weighted by Crippen LogP contribution is -2.07. The lowest BCUT2D eigenvalue weighted by Gasteiger charge is -2.13. The highest BCUT2D eigenvalue weighted by Crippen LogP contribution is 2.20. The molecule has 120 valence electrons. The van der Waals surface area contributed by atoms with Crippen molar-refractivity contribution >= 4 is 17.5 Å². The second kappa shape index (κ2) is 7.72. The van der Waals surface area contributed by atoms with Gasteiger partial charge >= 0.3 is 0 Å². The quantitative estimate of drug-likeness (QED) is 0.762. The summed E-state index contributed by atoms with van der Waals surface area (Å²) in [5.41, 5.74) is 2.30. The van der Waals surface area contributed by atoms with Crippen molar-refractivity contribution in [1.82, 2.24) is 9.97 Å². The maximum absolute atomic E-state index is 12.9. The van der Waals surface area contributed by atoms with Gasteiger partial charge in [0, 0.05) is 18.4 Å². The summed E-state index contributed by atoms with van der Waals surface area (Å²) >= 11 is 0. The van der Waals surface area contributed by atoms with E-state index in [9.17, 15) is 4.39 Å². The standard InChI is InChI=1S/C18H21FN4/c19-15-6-8-16(9-7-15)22-18-21-13-11-17(23-18)20-12-10-14-4-2-1-3-5-14/h4,6-9,11,13H,1-3,5,10,12H2,(H2,20,21,22,23). The average Bonchev–Trinajstić information content (AvgIpc) is 2.58. The van der Waals surface area contributed by atoms with Crippen molar-refractivity contribution in [2.24, 2.45) is 0 Å². The maximum atomic E-state index is 12.9. The first-order valence-corrected chi connectivity index (χ1v) is 8.07. The van der Waals surface area contributed by atoms with Crippen molar-refractivity contribution in [2.75, 3.05) is 17.2 Å². The Balaban J connectivity index is 1.54. The van der Waals surface area contributed by atoms with Crippen LogP contribution in [-0.4, -0.2) is 16.5 Å². The summed E-state index contributed by atoms with van der Waals surface area (Å²) in [5, 5.41) is 6.41. The van der Waals surface area contributed by atoms with Crippen LogP contribution in [0.15, 0.2) is 48.2 Å². The lowest BCUT2D eigenvalue weighted by atomic mass is 9.97. The number of nitrogens with one attached hydrogen (secondary N) is 2.